The van der Waals surface area contributed by atoms with E-state index in [0.29, 0.717) is 17.9 Å². The Labute approximate surface area is 209 Å². The van der Waals surface area contributed by atoms with Crippen molar-refractivity contribution in [3.05, 3.63) is 60.2 Å². The molecular formula is C26H37N3O5S. The van der Waals surface area contributed by atoms with Crippen molar-refractivity contribution < 1.29 is 22.7 Å². The van der Waals surface area contributed by atoms with E-state index in [1.54, 1.807) is 36.1 Å². The Morgan fingerprint density at radius 1 is 1.06 bits per heavy atom. The van der Waals surface area contributed by atoms with E-state index in [9.17, 15) is 18.0 Å². The fourth-order valence-electron chi connectivity index (χ4n) is 3.61. The summed E-state index contributed by atoms with van der Waals surface area (Å²) in [6, 6.07) is 15.6. The van der Waals surface area contributed by atoms with Gasteiger partial charge in [0.25, 0.3) is 0 Å². The number of nitrogens with zero attached hydrogens (tertiary/aromatic N) is 2. The number of anilines is 1. The molecule has 192 valence electrons. The second kappa shape index (κ2) is 12.1. The molecule has 2 amide bonds. The topological polar surface area (TPSA) is 96.0 Å². The maximum Gasteiger partial charge on any atom is 0.242 e. The first-order chi connectivity index (χ1) is 16.3. The average Bonchev–Trinajstić information content (AvgIpc) is 2.78. The summed E-state index contributed by atoms with van der Waals surface area (Å²) in [5.74, 6) is 0.0837. The van der Waals surface area contributed by atoms with E-state index in [1.165, 1.54) is 11.4 Å². The van der Waals surface area contributed by atoms with E-state index < -0.39 is 21.6 Å². The van der Waals surface area contributed by atoms with Crippen LogP contribution in [0, 0.1) is 0 Å². The van der Waals surface area contributed by atoms with Crippen LogP contribution in [0.1, 0.15) is 46.1 Å². The third kappa shape index (κ3) is 8.90. The van der Waals surface area contributed by atoms with Crippen molar-refractivity contribution in [3.8, 4) is 5.75 Å². The van der Waals surface area contributed by atoms with Gasteiger partial charge in [0.15, 0.2) is 0 Å². The molecule has 0 bridgehead atoms. The van der Waals surface area contributed by atoms with Gasteiger partial charge in [0, 0.05) is 31.1 Å². The Morgan fingerprint density at radius 2 is 1.71 bits per heavy atom. The lowest BCUT2D eigenvalue weighted by molar-refractivity contribution is -0.141. The van der Waals surface area contributed by atoms with Gasteiger partial charge in [-0.15, -0.1) is 0 Å². The van der Waals surface area contributed by atoms with Crippen LogP contribution < -0.4 is 14.4 Å². The Morgan fingerprint density at radius 3 is 2.29 bits per heavy atom. The van der Waals surface area contributed by atoms with E-state index in [2.05, 4.69) is 5.32 Å². The highest BCUT2D eigenvalue weighted by molar-refractivity contribution is 7.92. The van der Waals surface area contributed by atoms with E-state index in [4.69, 9.17) is 4.74 Å². The molecular weight excluding hydrogens is 466 g/mol. The number of carbonyl (C=O) groups excluding carboxylic acids is 2. The highest BCUT2D eigenvalue weighted by Crippen LogP contribution is 2.24. The molecule has 0 fully saturated rings. The molecule has 2 aromatic rings. The molecule has 0 radical (unpaired) electrons. The summed E-state index contributed by atoms with van der Waals surface area (Å²) in [5.41, 5.74) is 0.947. The van der Waals surface area contributed by atoms with Gasteiger partial charge in [-0.1, -0.05) is 36.4 Å². The van der Waals surface area contributed by atoms with E-state index in [-0.39, 0.29) is 31.3 Å². The second-order valence-electron chi connectivity index (χ2n) is 9.56. The molecule has 9 heteroatoms. The highest BCUT2D eigenvalue weighted by atomic mass is 32.2. The molecule has 0 saturated heterocycles. The standard InChI is InChI=1S/C26H37N3O5S/c1-20(25(31)27-26(2,3)4)28(19-21-12-8-7-9-13-21)24(30)16-11-17-29(35(6,32)33)22-14-10-15-23(18-22)34-5/h7-10,12-15,18,20H,11,16-17,19H2,1-6H3,(H,27,31)/t20-/m0/s1. The van der Waals surface area contributed by atoms with Crippen molar-refractivity contribution in [2.75, 3.05) is 24.2 Å². The first-order valence-corrected chi connectivity index (χ1v) is 13.4. The summed E-state index contributed by atoms with van der Waals surface area (Å²) in [5, 5.41) is 2.93. The molecule has 1 atom stereocenters. The van der Waals surface area contributed by atoms with Gasteiger partial charge in [-0.05, 0) is 51.8 Å². The summed E-state index contributed by atoms with van der Waals surface area (Å²) in [7, 11) is -2.06. The minimum atomic E-state index is -3.57. The zero-order valence-corrected chi connectivity index (χ0v) is 22.3. The van der Waals surface area contributed by atoms with Crippen molar-refractivity contribution in [2.24, 2.45) is 0 Å². The lowest BCUT2D eigenvalue weighted by atomic mass is 10.1. The summed E-state index contributed by atoms with van der Waals surface area (Å²) in [4.78, 5) is 27.7. The van der Waals surface area contributed by atoms with Crippen LogP contribution in [0.2, 0.25) is 0 Å². The summed E-state index contributed by atoms with van der Waals surface area (Å²) in [6.07, 6.45) is 1.52. The van der Waals surface area contributed by atoms with Crippen LogP contribution in [0.5, 0.6) is 5.75 Å². The van der Waals surface area contributed by atoms with Crippen LogP contribution in [-0.4, -0.2) is 56.6 Å². The SMILES string of the molecule is COc1cccc(N(CCCC(=O)N(Cc2ccccc2)[C@@H](C)C(=O)NC(C)(C)C)S(C)(=O)=O)c1. The van der Waals surface area contributed by atoms with Crippen LogP contribution >= 0.6 is 0 Å². The van der Waals surface area contributed by atoms with Gasteiger partial charge in [-0.3, -0.25) is 13.9 Å². The van der Waals surface area contributed by atoms with Crippen molar-refractivity contribution in [1.29, 1.82) is 0 Å². The fraction of sp³-hybridized carbons (Fsp3) is 0.462. The average molecular weight is 504 g/mol. The van der Waals surface area contributed by atoms with Crippen molar-refractivity contribution in [1.82, 2.24) is 10.2 Å². The summed E-state index contributed by atoms with van der Waals surface area (Å²) in [6.45, 7) is 7.78. The van der Waals surface area contributed by atoms with Crippen LogP contribution in [0.3, 0.4) is 0 Å². The molecule has 2 aromatic carbocycles. The number of methoxy groups -OCH3 is 1. The van der Waals surface area contributed by atoms with Crippen LogP contribution in [0.25, 0.3) is 0 Å². The Bertz CT molecular complexity index is 1100. The third-order valence-corrected chi connectivity index (χ3v) is 6.55. The highest BCUT2D eigenvalue weighted by Gasteiger charge is 2.28. The zero-order valence-electron chi connectivity index (χ0n) is 21.4. The maximum absolute atomic E-state index is 13.3. The predicted octanol–water partition coefficient (Wildman–Crippen LogP) is 3.57. The van der Waals surface area contributed by atoms with Gasteiger partial charge < -0.3 is 15.0 Å². The minimum Gasteiger partial charge on any atom is -0.497 e. The molecule has 2 rings (SSSR count). The molecule has 0 aliphatic rings. The lowest BCUT2D eigenvalue weighted by Crippen LogP contribution is -2.52. The van der Waals surface area contributed by atoms with Gasteiger partial charge in [-0.2, -0.15) is 0 Å². The fourth-order valence-corrected chi connectivity index (χ4v) is 4.56. The normalized spacial score (nSPS) is 12.5. The van der Waals surface area contributed by atoms with E-state index >= 15 is 0 Å². The molecule has 0 heterocycles. The molecule has 0 saturated carbocycles. The van der Waals surface area contributed by atoms with Crippen LogP contribution in [0.4, 0.5) is 5.69 Å². The molecule has 35 heavy (non-hydrogen) atoms. The summed E-state index contributed by atoms with van der Waals surface area (Å²) >= 11 is 0. The van der Waals surface area contributed by atoms with Crippen LogP contribution in [0.15, 0.2) is 54.6 Å². The number of hydrogen-bond acceptors (Lipinski definition) is 5. The number of ether oxygens (including phenoxy) is 1. The molecule has 8 nitrogen and oxygen atoms in total. The van der Waals surface area contributed by atoms with Gasteiger partial charge in [0.1, 0.15) is 11.8 Å². The maximum atomic E-state index is 13.3. The van der Waals surface area contributed by atoms with Gasteiger partial charge in [0.05, 0.1) is 19.1 Å². The lowest BCUT2D eigenvalue weighted by Gasteiger charge is -2.32. The largest absolute Gasteiger partial charge is 0.497 e. The smallest absolute Gasteiger partial charge is 0.242 e. The number of carbonyl (C=O) groups is 2. The first kappa shape index (κ1) is 28.2. The van der Waals surface area contributed by atoms with E-state index in [0.717, 1.165) is 11.8 Å². The number of amides is 2. The first-order valence-electron chi connectivity index (χ1n) is 11.6. The number of sulfonamides is 1. The van der Waals surface area contributed by atoms with Gasteiger partial charge >= 0.3 is 0 Å². The van der Waals surface area contributed by atoms with Crippen molar-refractivity contribution in [2.45, 2.75) is 58.7 Å². The number of nitrogens with one attached hydrogen (secondary N) is 1. The molecule has 1 N–H and O–H groups in total. The second-order valence-corrected chi connectivity index (χ2v) is 11.5. The van der Waals surface area contributed by atoms with Gasteiger partial charge in [0.2, 0.25) is 21.8 Å². The molecule has 0 aromatic heterocycles. The predicted molar refractivity (Wildman–Crippen MR) is 139 cm³/mol. The quantitative estimate of drug-likeness (QED) is 0.506. The Hall–Kier alpha value is -3.07. The van der Waals surface area contributed by atoms with Crippen molar-refractivity contribution >= 4 is 27.5 Å². The number of rotatable bonds is 11. The molecule has 0 aliphatic carbocycles. The monoisotopic (exact) mass is 503 g/mol. The number of hydrogen-bond donors (Lipinski definition) is 1. The van der Waals surface area contributed by atoms with Gasteiger partial charge in [-0.25, -0.2) is 8.42 Å². The third-order valence-electron chi connectivity index (χ3n) is 5.35. The Kier molecular flexibility index (Phi) is 9.71. The molecule has 0 spiro atoms. The van der Waals surface area contributed by atoms with Crippen molar-refractivity contribution in [3.63, 3.8) is 0 Å². The number of benzene rings is 2. The summed E-state index contributed by atoms with van der Waals surface area (Å²) < 4.78 is 31.4. The Balaban J connectivity index is 2.17. The molecule has 0 aliphatic heterocycles. The van der Waals surface area contributed by atoms with Crippen LogP contribution in [-0.2, 0) is 26.2 Å². The minimum absolute atomic E-state index is 0.0932. The zero-order chi connectivity index (χ0) is 26.2. The molecule has 0 unspecified atom stereocenters. The van der Waals surface area contributed by atoms with E-state index in [1.807, 2.05) is 51.1 Å².